The van der Waals surface area contributed by atoms with Gasteiger partial charge in [0.25, 0.3) is 0 Å². The summed E-state index contributed by atoms with van der Waals surface area (Å²) in [6.45, 7) is 15.0. The minimum absolute atomic E-state index is 0. The number of aromatic nitrogens is 2. The van der Waals surface area contributed by atoms with Crippen molar-refractivity contribution >= 4 is 50.4 Å². The van der Waals surface area contributed by atoms with Gasteiger partial charge in [0, 0.05) is 86.0 Å². The van der Waals surface area contributed by atoms with E-state index in [1.807, 2.05) is 0 Å². The van der Waals surface area contributed by atoms with Crippen LogP contribution < -0.4 is 43.9 Å². The highest BCUT2D eigenvalue weighted by atomic mass is 79.9. The van der Waals surface area contributed by atoms with Gasteiger partial charge in [0.05, 0.1) is 20.6 Å². The number of nitrogens with one attached hydrogen (secondary N) is 4. The number of aromatic amines is 2. The van der Waals surface area contributed by atoms with Crippen molar-refractivity contribution in [2.75, 3.05) is 14.2 Å². The Morgan fingerprint density at radius 1 is 0.745 bits per heavy atom. The highest BCUT2D eigenvalue weighted by Crippen LogP contribution is 2.30. The Kier molecular flexibility index (Phi) is 15.1. The number of esters is 2. The molecule has 11 heteroatoms. The number of aryl methyl sites for hydroxylation is 1. The Hall–Kier alpha value is -2.76. The zero-order chi connectivity index (χ0) is 33.0. The maximum Gasteiger partial charge on any atom is 0.305 e. The predicted octanol–water partition coefficient (Wildman–Crippen LogP) is -1.58. The monoisotopic (exact) mass is 836 g/mol. The number of carbonyl (C=O) groups excluding carboxylic acids is 2. The zero-order valence-electron chi connectivity index (χ0n) is 28.9. The lowest BCUT2D eigenvalue weighted by Gasteiger charge is -2.07. The molecule has 8 nitrogen and oxygen atoms in total. The lowest BCUT2D eigenvalue weighted by atomic mass is 9.93. The Labute approximate surface area is 308 Å². The molecule has 0 saturated carbocycles. The summed E-state index contributed by atoms with van der Waals surface area (Å²) in [7, 11) is 2.83. The van der Waals surface area contributed by atoms with Gasteiger partial charge in [-0.25, -0.2) is 4.99 Å². The van der Waals surface area contributed by atoms with Gasteiger partial charge in [-0.15, -0.1) is 0 Å². The number of ether oxygens (including phenoxy) is 2. The van der Waals surface area contributed by atoms with E-state index < -0.39 is 0 Å². The molecule has 4 rings (SSSR count). The molecule has 2 aromatic heterocycles. The number of carbonyl (C=O) groups is 2. The summed E-state index contributed by atoms with van der Waals surface area (Å²) in [5.74, 6) is -0.532. The van der Waals surface area contributed by atoms with Crippen LogP contribution in [0.2, 0.25) is 0 Å². The van der Waals surface area contributed by atoms with Gasteiger partial charge in [0.15, 0.2) is 5.71 Å². The minimum Gasteiger partial charge on any atom is -1.00 e. The van der Waals surface area contributed by atoms with Crippen molar-refractivity contribution in [1.82, 2.24) is 9.97 Å². The highest BCUT2D eigenvalue weighted by Gasteiger charge is 2.33. The third-order valence-corrected chi connectivity index (χ3v) is 10.0. The van der Waals surface area contributed by atoms with Crippen LogP contribution in [0.5, 0.6) is 0 Å². The summed E-state index contributed by atoms with van der Waals surface area (Å²) >= 11 is 3.68. The number of H-pyrrole nitrogens is 2. The molecule has 0 radical (unpaired) electrons. The molecular weight excluding hydrogens is 792 g/mol. The van der Waals surface area contributed by atoms with E-state index in [4.69, 9.17) is 9.47 Å². The molecule has 2 aliphatic rings. The number of hydrogen-bond acceptors (Lipinski definition) is 4. The van der Waals surface area contributed by atoms with Crippen molar-refractivity contribution in [3.8, 4) is 0 Å². The summed E-state index contributed by atoms with van der Waals surface area (Å²) in [6, 6.07) is 0. The van der Waals surface area contributed by atoms with E-state index in [1.165, 1.54) is 47.6 Å². The first-order valence-electron chi connectivity index (χ1n) is 15.7. The first kappa shape index (κ1) is 40.4. The molecule has 2 aromatic rings. The van der Waals surface area contributed by atoms with E-state index in [0.717, 1.165) is 68.5 Å². The van der Waals surface area contributed by atoms with Crippen LogP contribution in [0.4, 0.5) is 0 Å². The average Bonchev–Trinajstić information content (AvgIpc) is 3.67. The number of allylic oxidation sites excluding steroid dienone is 4. The summed E-state index contributed by atoms with van der Waals surface area (Å²) in [6.07, 6.45) is 8.29. The lowest BCUT2D eigenvalue weighted by Crippen LogP contribution is -3.00. The molecule has 0 bridgehead atoms. The lowest BCUT2D eigenvalue weighted by molar-refractivity contribution is -0.387. The van der Waals surface area contributed by atoms with Crippen LogP contribution >= 0.6 is 15.9 Å². The van der Waals surface area contributed by atoms with E-state index in [1.54, 1.807) is 0 Å². The molecular formula is C36H47Br3N4O4. The summed E-state index contributed by atoms with van der Waals surface area (Å²) in [5.41, 5.74) is 16.9. The summed E-state index contributed by atoms with van der Waals surface area (Å²) < 4.78 is 11.0. The number of rotatable bonds is 12. The third-order valence-electron chi connectivity index (χ3n) is 9.32. The molecule has 256 valence electrons. The molecule has 0 atom stereocenters. The van der Waals surface area contributed by atoms with Gasteiger partial charge >= 0.3 is 11.9 Å². The molecule has 0 aromatic carbocycles. The number of halogens is 3. The SMILES string of the molecule is CCC1=C(C)/C(=C/c2[nH]c(CC3=[NH+]/C(=C\c4[nH]c(C)c(C)c4CC)C(CCC(=O)OC)=C3CCC(=O)OC)c(C)c2C)[NH+]=C1Br.[Br-].[Br-]. The fourth-order valence-corrected chi connectivity index (χ4v) is 7.09. The topological polar surface area (TPSA) is 112 Å². The van der Waals surface area contributed by atoms with Crippen molar-refractivity contribution in [3.63, 3.8) is 0 Å². The first-order valence-corrected chi connectivity index (χ1v) is 16.5. The Morgan fingerprint density at radius 2 is 1.34 bits per heavy atom. The molecule has 0 unspecified atom stereocenters. The van der Waals surface area contributed by atoms with Gasteiger partial charge in [-0.2, -0.15) is 4.99 Å². The van der Waals surface area contributed by atoms with Crippen molar-refractivity contribution in [2.45, 2.75) is 93.4 Å². The van der Waals surface area contributed by atoms with Crippen molar-refractivity contribution in [1.29, 1.82) is 0 Å². The van der Waals surface area contributed by atoms with E-state index in [0.29, 0.717) is 19.3 Å². The van der Waals surface area contributed by atoms with Gasteiger partial charge in [0.2, 0.25) is 16.0 Å². The molecule has 2 aliphatic heterocycles. The number of hydrogen-bond donors (Lipinski definition) is 4. The fraction of sp³-hybridized carbons (Fsp3) is 0.444. The standard InChI is InChI=1S/C36H45BrN4O4.2BrH/c1-10-24-21(5)23(7)38-31(24)18-33-27(13-15-35(43)45-9)26(12-14-34(42)44-8)32(40-33)17-29-20(4)19(3)28(39-29)16-30-22(6)25(11-2)36(37)41-30;;/h16,18,38-39H,10-15,17H2,1-9H3;2*1H/b30-16-,33-18-;;. The predicted molar refractivity (Wildman–Crippen MR) is 183 cm³/mol. The maximum absolute atomic E-state index is 12.3. The van der Waals surface area contributed by atoms with Crippen LogP contribution in [0, 0.1) is 27.7 Å². The van der Waals surface area contributed by atoms with Gasteiger partial charge in [0.1, 0.15) is 0 Å². The van der Waals surface area contributed by atoms with E-state index in [9.17, 15) is 9.59 Å². The smallest absolute Gasteiger partial charge is 0.305 e. The summed E-state index contributed by atoms with van der Waals surface area (Å²) in [4.78, 5) is 39.1. The highest BCUT2D eigenvalue weighted by molar-refractivity contribution is 9.18. The van der Waals surface area contributed by atoms with Crippen molar-refractivity contribution in [3.05, 3.63) is 78.7 Å². The first-order chi connectivity index (χ1) is 21.4. The molecule has 0 spiro atoms. The van der Waals surface area contributed by atoms with Crippen molar-refractivity contribution in [2.24, 2.45) is 0 Å². The molecule has 0 amide bonds. The van der Waals surface area contributed by atoms with Crippen LogP contribution in [0.3, 0.4) is 0 Å². The molecule has 0 fully saturated rings. The van der Waals surface area contributed by atoms with Gasteiger partial charge < -0.3 is 53.4 Å². The molecule has 0 saturated heterocycles. The molecule has 47 heavy (non-hydrogen) atoms. The average molecular weight is 840 g/mol. The van der Waals surface area contributed by atoms with Crippen LogP contribution in [0.1, 0.15) is 97.9 Å². The van der Waals surface area contributed by atoms with Crippen LogP contribution in [-0.2, 0) is 31.9 Å². The second-order valence-electron chi connectivity index (χ2n) is 11.8. The van der Waals surface area contributed by atoms with E-state index in [2.05, 4.69) is 96.5 Å². The Balaban J connectivity index is 0.00000384. The quantitative estimate of drug-likeness (QED) is 0.194. The second-order valence-corrected chi connectivity index (χ2v) is 12.6. The second kappa shape index (κ2) is 17.6. The van der Waals surface area contributed by atoms with Crippen LogP contribution in [0.15, 0.2) is 33.7 Å². The van der Waals surface area contributed by atoms with Crippen LogP contribution in [-0.4, -0.2) is 46.5 Å². The van der Waals surface area contributed by atoms with Gasteiger partial charge in [-0.1, -0.05) is 13.8 Å². The third kappa shape index (κ3) is 8.83. The van der Waals surface area contributed by atoms with E-state index >= 15 is 0 Å². The number of methoxy groups -OCH3 is 2. The van der Waals surface area contributed by atoms with Crippen molar-refractivity contribution < 1.29 is 63.0 Å². The minimum atomic E-state index is -0.267. The van der Waals surface area contributed by atoms with E-state index in [-0.39, 0.29) is 58.7 Å². The van der Waals surface area contributed by atoms with Gasteiger partial charge in [-0.05, 0) is 82.6 Å². The Morgan fingerprint density at radius 3 is 1.89 bits per heavy atom. The molecule has 4 heterocycles. The summed E-state index contributed by atoms with van der Waals surface area (Å²) in [5, 5.41) is 0. The zero-order valence-corrected chi connectivity index (χ0v) is 33.6. The van der Waals surface area contributed by atoms with Crippen LogP contribution in [0.25, 0.3) is 12.2 Å². The Bertz CT molecular complexity index is 1720. The molecule has 0 aliphatic carbocycles. The van der Waals surface area contributed by atoms with Gasteiger partial charge in [-0.3, -0.25) is 9.59 Å². The fourth-order valence-electron chi connectivity index (χ4n) is 6.30. The maximum atomic E-state index is 12.3. The largest absolute Gasteiger partial charge is 1.00 e. The normalized spacial score (nSPS) is 16.0. The molecule has 4 N–H and O–H groups in total.